The lowest BCUT2D eigenvalue weighted by atomic mass is 9.87. The highest BCUT2D eigenvalue weighted by Gasteiger charge is 2.24. The van der Waals surface area contributed by atoms with Gasteiger partial charge in [0.1, 0.15) is 17.3 Å². The van der Waals surface area contributed by atoms with Crippen LogP contribution in [0.3, 0.4) is 0 Å². The van der Waals surface area contributed by atoms with Gasteiger partial charge in [-0.15, -0.1) is 0 Å². The van der Waals surface area contributed by atoms with E-state index in [0.29, 0.717) is 11.3 Å². The van der Waals surface area contributed by atoms with Crippen LogP contribution in [0.2, 0.25) is 0 Å². The summed E-state index contributed by atoms with van der Waals surface area (Å²) in [4.78, 5) is 12.4. The molecule has 8 nitrogen and oxygen atoms in total. The number of fused-ring (bicyclic) bond motifs is 1. The quantitative estimate of drug-likeness (QED) is 0.0899. The number of hydrogen-bond donors (Lipinski definition) is 4. The minimum absolute atomic E-state index is 0.0209. The Morgan fingerprint density at radius 3 is 2.12 bits per heavy atom. The first kappa shape index (κ1) is 29.3. The lowest BCUT2D eigenvalue weighted by molar-refractivity contribution is 0.0699. The highest BCUT2D eigenvalue weighted by atomic mass is 32.2. The van der Waals surface area contributed by atoms with Crippen LogP contribution in [0.5, 0.6) is 11.5 Å². The lowest BCUT2D eigenvalue weighted by Gasteiger charge is -2.19. The van der Waals surface area contributed by atoms with Crippen molar-refractivity contribution in [3.63, 3.8) is 0 Å². The average molecular weight is 594 g/mol. The molecule has 0 saturated carbocycles. The Morgan fingerprint density at radius 1 is 0.814 bits per heavy atom. The molecule has 0 heterocycles. The van der Waals surface area contributed by atoms with Crippen molar-refractivity contribution in [1.82, 2.24) is 0 Å². The van der Waals surface area contributed by atoms with Crippen LogP contribution in [-0.4, -0.2) is 25.3 Å². The van der Waals surface area contributed by atoms with Crippen molar-refractivity contribution in [2.24, 2.45) is 5.73 Å². The number of ether oxygens (including phenoxy) is 1. The molecule has 0 spiro atoms. The number of anilines is 1. The molecule has 5 rings (SSSR count). The maximum absolute atomic E-state index is 13.7. The van der Waals surface area contributed by atoms with Crippen LogP contribution < -0.4 is 16.2 Å². The molecule has 0 radical (unpaired) electrons. The monoisotopic (exact) mass is 593 g/mol. The Balaban J connectivity index is 1.64. The molecule has 9 heteroatoms. The number of hydrogen-bond acceptors (Lipinski definition) is 6. The summed E-state index contributed by atoms with van der Waals surface area (Å²) in [5, 5.41) is 19.4. The van der Waals surface area contributed by atoms with Gasteiger partial charge in [0.15, 0.2) is 0 Å². The van der Waals surface area contributed by atoms with Gasteiger partial charge in [0, 0.05) is 22.4 Å². The fraction of sp³-hybridized carbons (Fsp3) is 0.118. The molecule has 0 aliphatic rings. The van der Waals surface area contributed by atoms with E-state index < -0.39 is 15.8 Å². The first-order chi connectivity index (χ1) is 20.3. The van der Waals surface area contributed by atoms with Gasteiger partial charge in [0.05, 0.1) is 15.4 Å². The topological polar surface area (TPSA) is 157 Å². The molecule has 0 saturated heterocycles. The maximum Gasteiger partial charge on any atom is 0.338 e. The van der Waals surface area contributed by atoms with E-state index >= 15 is 0 Å². The van der Waals surface area contributed by atoms with E-state index in [1.54, 1.807) is 60.7 Å². The molecule has 43 heavy (non-hydrogen) atoms. The van der Waals surface area contributed by atoms with Crippen molar-refractivity contribution in [3.8, 4) is 22.6 Å². The van der Waals surface area contributed by atoms with E-state index in [-0.39, 0.29) is 49.2 Å². The molecule has 0 fully saturated rings. The minimum Gasteiger partial charge on any atom is -0.478 e. The molecule has 0 amide bonds. The normalized spacial score (nSPS) is 11.8. The van der Waals surface area contributed by atoms with Gasteiger partial charge in [-0.3, -0.25) is 5.41 Å². The van der Waals surface area contributed by atoms with Crippen LogP contribution >= 0.6 is 0 Å². The number of carboxylic acid groups (broad SMARTS) is 1. The summed E-state index contributed by atoms with van der Waals surface area (Å²) in [6, 6.07) is 26.5. The highest BCUT2D eigenvalue weighted by molar-refractivity contribution is 7.91. The fourth-order valence-corrected chi connectivity index (χ4v) is 6.15. The smallest absolute Gasteiger partial charge is 0.338 e. The van der Waals surface area contributed by atoms with Gasteiger partial charge in [-0.2, -0.15) is 0 Å². The predicted molar refractivity (Wildman–Crippen MR) is 169 cm³/mol. The SMILES string of the molecule is CC(C)(C)c1ccc(S(=O)(=O)c2ccc(Oc3ccc4cc(C(=N)N)ccc4c3)c(-c3cccc(N)c3C(=O)O)c2)cc1. The highest BCUT2D eigenvalue weighted by Crippen LogP contribution is 2.40. The first-order valence-electron chi connectivity index (χ1n) is 13.4. The number of amidine groups is 1. The average Bonchev–Trinajstić information content (AvgIpc) is 2.96. The van der Waals surface area contributed by atoms with Crippen molar-refractivity contribution in [2.45, 2.75) is 36.0 Å². The summed E-state index contributed by atoms with van der Waals surface area (Å²) >= 11 is 0. The minimum atomic E-state index is -3.97. The number of rotatable bonds is 7. The van der Waals surface area contributed by atoms with Crippen molar-refractivity contribution in [3.05, 3.63) is 114 Å². The van der Waals surface area contributed by atoms with Gasteiger partial charge in [-0.05, 0) is 76.3 Å². The molecule has 0 aromatic heterocycles. The summed E-state index contributed by atoms with van der Waals surface area (Å²) in [6.07, 6.45) is 0. The summed E-state index contributed by atoms with van der Waals surface area (Å²) in [6.45, 7) is 6.14. The Labute approximate surface area is 250 Å². The van der Waals surface area contributed by atoms with E-state index in [9.17, 15) is 18.3 Å². The van der Waals surface area contributed by atoms with Crippen LogP contribution in [0.15, 0.2) is 107 Å². The molecule has 5 aromatic carbocycles. The predicted octanol–water partition coefficient (Wildman–Crippen LogP) is 6.99. The molecule has 218 valence electrons. The zero-order valence-corrected chi connectivity index (χ0v) is 24.7. The van der Waals surface area contributed by atoms with Gasteiger partial charge >= 0.3 is 5.97 Å². The van der Waals surface area contributed by atoms with Gasteiger partial charge in [0.25, 0.3) is 0 Å². The lowest BCUT2D eigenvalue weighted by Crippen LogP contribution is -2.11. The second-order valence-corrected chi connectivity index (χ2v) is 13.2. The summed E-state index contributed by atoms with van der Waals surface area (Å²) in [5.41, 5.74) is 13.5. The van der Waals surface area contributed by atoms with Crippen molar-refractivity contribution in [2.75, 3.05) is 5.73 Å². The van der Waals surface area contributed by atoms with Crippen LogP contribution in [-0.2, 0) is 15.3 Å². The number of carbonyl (C=O) groups is 1. The molecule has 5 aromatic rings. The maximum atomic E-state index is 13.7. The van der Waals surface area contributed by atoms with Crippen LogP contribution in [0.1, 0.15) is 42.3 Å². The molecule has 0 atom stereocenters. The van der Waals surface area contributed by atoms with Crippen molar-refractivity contribution < 1.29 is 23.1 Å². The number of nitrogens with two attached hydrogens (primary N) is 2. The second-order valence-electron chi connectivity index (χ2n) is 11.3. The van der Waals surface area contributed by atoms with Gasteiger partial charge in [-0.25, -0.2) is 13.2 Å². The number of nitrogen functional groups attached to an aromatic ring is 2. The van der Waals surface area contributed by atoms with Gasteiger partial charge in [0.2, 0.25) is 9.84 Å². The number of aromatic carboxylic acids is 1. The molecule has 6 N–H and O–H groups in total. The second kappa shape index (κ2) is 10.9. The van der Waals surface area contributed by atoms with Crippen molar-refractivity contribution in [1.29, 1.82) is 5.41 Å². The third-order valence-electron chi connectivity index (χ3n) is 7.24. The van der Waals surface area contributed by atoms with E-state index in [0.717, 1.165) is 16.3 Å². The Hall–Kier alpha value is -5.15. The van der Waals surface area contributed by atoms with E-state index in [1.807, 2.05) is 32.9 Å². The zero-order valence-electron chi connectivity index (χ0n) is 23.9. The molecule has 0 aliphatic carbocycles. The summed E-state index contributed by atoms with van der Waals surface area (Å²) in [7, 11) is -3.97. The van der Waals surface area contributed by atoms with Gasteiger partial charge < -0.3 is 21.3 Å². The number of carboxylic acids is 1. The summed E-state index contributed by atoms with van der Waals surface area (Å²) in [5.74, 6) is -0.603. The Morgan fingerprint density at radius 2 is 1.47 bits per heavy atom. The third-order valence-corrected chi connectivity index (χ3v) is 9.01. The standard InChI is InChI=1S/C34H31N3O5S/c1-34(2,3)23-10-13-25(14-11-23)43(40,41)26-15-16-30(28(19-26)27-5-4-6-29(35)31(27)33(38)39)42-24-12-9-20-17-22(32(36)37)8-7-21(20)18-24/h4-19H,35H2,1-3H3,(H3,36,37)(H,38,39). The van der Waals surface area contributed by atoms with Crippen LogP contribution in [0, 0.1) is 5.41 Å². The molecule has 0 bridgehead atoms. The molecular formula is C34H31N3O5S. The van der Waals surface area contributed by atoms with E-state index in [2.05, 4.69) is 0 Å². The molecule has 0 unspecified atom stereocenters. The number of nitrogens with one attached hydrogen (secondary N) is 1. The molecule has 0 aliphatic heterocycles. The third kappa shape index (κ3) is 5.80. The number of benzene rings is 5. The Bertz CT molecular complexity index is 2010. The zero-order chi connectivity index (χ0) is 31.1. The largest absolute Gasteiger partial charge is 0.478 e. The Kier molecular flexibility index (Phi) is 7.45. The fourth-order valence-electron chi connectivity index (χ4n) is 4.86. The van der Waals surface area contributed by atoms with Crippen LogP contribution in [0.25, 0.3) is 21.9 Å². The van der Waals surface area contributed by atoms with E-state index in [1.165, 1.54) is 24.3 Å². The number of sulfone groups is 1. The summed E-state index contributed by atoms with van der Waals surface area (Å²) < 4.78 is 33.8. The van der Waals surface area contributed by atoms with Crippen molar-refractivity contribution >= 4 is 38.1 Å². The first-order valence-corrected chi connectivity index (χ1v) is 14.9. The van der Waals surface area contributed by atoms with E-state index in [4.69, 9.17) is 21.6 Å². The van der Waals surface area contributed by atoms with Crippen LogP contribution in [0.4, 0.5) is 5.69 Å². The van der Waals surface area contributed by atoms with Gasteiger partial charge in [-0.1, -0.05) is 63.2 Å². The molecular weight excluding hydrogens is 562 g/mol.